The first-order chi connectivity index (χ1) is 11.4. The zero-order valence-corrected chi connectivity index (χ0v) is 15.0. The lowest BCUT2D eigenvalue weighted by Crippen LogP contribution is -2.44. The molecule has 0 radical (unpaired) electrons. The smallest absolute Gasteiger partial charge is 0.325 e. The van der Waals surface area contributed by atoms with Crippen LogP contribution in [0.4, 0.5) is 4.79 Å². The van der Waals surface area contributed by atoms with Gasteiger partial charge in [0, 0.05) is 10.6 Å². The molecule has 1 saturated heterocycles. The van der Waals surface area contributed by atoms with Gasteiger partial charge in [0.1, 0.15) is 5.54 Å². The van der Waals surface area contributed by atoms with Crippen molar-refractivity contribution in [3.8, 4) is 0 Å². The summed E-state index contributed by atoms with van der Waals surface area (Å²) in [5.41, 5.74) is -0.373. The summed E-state index contributed by atoms with van der Waals surface area (Å²) in [4.78, 5) is 25.9. The number of amides is 3. The molecule has 24 heavy (non-hydrogen) atoms. The van der Waals surface area contributed by atoms with E-state index in [0.717, 1.165) is 30.6 Å². The lowest BCUT2D eigenvalue weighted by Gasteiger charge is -2.23. The third-order valence-corrected chi connectivity index (χ3v) is 4.84. The van der Waals surface area contributed by atoms with E-state index in [0.29, 0.717) is 17.0 Å². The first kappa shape index (κ1) is 18.7. The lowest BCUT2D eigenvalue weighted by atomic mass is 9.94. The molecule has 1 aliphatic heterocycles. The zero-order chi connectivity index (χ0) is 17.7. The summed E-state index contributed by atoms with van der Waals surface area (Å²) in [6.45, 7) is 3.78. The van der Waals surface area contributed by atoms with Crippen molar-refractivity contribution in [1.29, 1.82) is 0 Å². The second kappa shape index (κ2) is 7.99. The average Bonchev–Trinajstić information content (AvgIpc) is 2.75. The number of halogens is 1. The van der Waals surface area contributed by atoms with E-state index in [4.69, 9.17) is 11.6 Å². The number of imide groups is 1. The first-order valence-electron chi connectivity index (χ1n) is 8.45. The molecule has 0 saturated carbocycles. The summed E-state index contributed by atoms with van der Waals surface area (Å²) in [6.07, 6.45) is 3.77. The minimum Gasteiger partial charge on any atom is -0.386 e. The van der Waals surface area contributed by atoms with Crippen LogP contribution in [-0.4, -0.2) is 34.0 Å². The topological polar surface area (TPSA) is 69.6 Å². The number of rotatable bonds is 8. The van der Waals surface area contributed by atoms with Crippen molar-refractivity contribution in [2.45, 2.75) is 57.6 Å². The molecule has 1 fully saturated rings. The van der Waals surface area contributed by atoms with Gasteiger partial charge in [0.2, 0.25) is 0 Å². The molecule has 5 nitrogen and oxygen atoms in total. The van der Waals surface area contributed by atoms with E-state index in [-0.39, 0.29) is 12.5 Å². The maximum absolute atomic E-state index is 12.7. The molecular weight excluding hydrogens is 328 g/mol. The van der Waals surface area contributed by atoms with Gasteiger partial charge in [-0.2, -0.15) is 0 Å². The summed E-state index contributed by atoms with van der Waals surface area (Å²) in [7, 11) is 0. The van der Waals surface area contributed by atoms with Crippen molar-refractivity contribution in [3.05, 3.63) is 34.9 Å². The maximum Gasteiger partial charge on any atom is 0.325 e. The number of aliphatic hydroxyl groups is 1. The number of unbranched alkanes of at least 4 members (excludes halogenated alkanes) is 3. The number of β-amino-alcohol motifs (C(OH)–C–C–N with tert-alkyl or cyclic N) is 1. The Morgan fingerprint density at radius 1 is 1.25 bits per heavy atom. The molecule has 0 spiro atoms. The fourth-order valence-electron chi connectivity index (χ4n) is 3.00. The predicted molar refractivity (Wildman–Crippen MR) is 93.8 cm³/mol. The Hall–Kier alpha value is -1.59. The van der Waals surface area contributed by atoms with Gasteiger partial charge in [0.25, 0.3) is 5.91 Å². The third-order valence-electron chi connectivity index (χ3n) is 4.50. The number of aliphatic hydroxyl groups excluding tert-OH is 1. The number of hydrogen-bond acceptors (Lipinski definition) is 3. The number of urea groups is 1. The van der Waals surface area contributed by atoms with Crippen LogP contribution in [0.2, 0.25) is 5.02 Å². The Morgan fingerprint density at radius 3 is 2.62 bits per heavy atom. The van der Waals surface area contributed by atoms with Crippen molar-refractivity contribution >= 4 is 23.5 Å². The zero-order valence-electron chi connectivity index (χ0n) is 14.2. The third kappa shape index (κ3) is 4.08. The standard InChI is InChI=1S/C18H25ClN2O3/c1-3-4-5-8-11-18(2)16(23)21(17(24)20-18)12-15(22)13-9-6-7-10-14(13)19/h6-7,9-10,15,22H,3-5,8,11-12H2,1-2H3,(H,20,24). The van der Waals surface area contributed by atoms with Crippen LogP contribution in [0.1, 0.15) is 57.6 Å². The fourth-order valence-corrected chi connectivity index (χ4v) is 3.27. The van der Waals surface area contributed by atoms with Gasteiger partial charge in [0.15, 0.2) is 0 Å². The number of carbonyl (C=O) groups excluding carboxylic acids is 2. The predicted octanol–water partition coefficient (Wildman–Crippen LogP) is 3.65. The van der Waals surface area contributed by atoms with Crippen molar-refractivity contribution in [1.82, 2.24) is 10.2 Å². The van der Waals surface area contributed by atoms with Gasteiger partial charge in [0.05, 0.1) is 12.6 Å². The normalized spacial score (nSPS) is 21.9. The molecule has 2 N–H and O–H groups in total. The Morgan fingerprint density at radius 2 is 1.96 bits per heavy atom. The molecule has 1 aromatic carbocycles. The van der Waals surface area contributed by atoms with Crippen LogP contribution in [0.3, 0.4) is 0 Å². The maximum atomic E-state index is 12.7. The molecular formula is C18H25ClN2O3. The number of carbonyl (C=O) groups is 2. The largest absolute Gasteiger partial charge is 0.386 e. The molecule has 3 amide bonds. The SMILES string of the molecule is CCCCCCC1(C)NC(=O)N(CC(O)c2ccccc2Cl)C1=O. The van der Waals surface area contributed by atoms with Crippen LogP contribution in [-0.2, 0) is 4.79 Å². The summed E-state index contributed by atoms with van der Waals surface area (Å²) in [5.74, 6) is -0.282. The van der Waals surface area contributed by atoms with Gasteiger partial charge in [-0.1, -0.05) is 62.4 Å². The number of nitrogens with zero attached hydrogens (tertiary/aromatic N) is 1. The van der Waals surface area contributed by atoms with Gasteiger partial charge < -0.3 is 10.4 Å². The first-order valence-corrected chi connectivity index (χ1v) is 8.83. The highest BCUT2D eigenvalue weighted by Gasteiger charge is 2.47. The van der Waals surface area contributed by atoms with E-state index >= 15 is 0 Å². The second-order valence-electron chi connectivity index (χ2n) is 6.53. The molecule has 2 atom stereocenters. The molecule has 0 aliphatic carbocycles. The molecule has 6 heteroatoms. The van der Waals surface area contributed by atoms with Crippen molar-refractivity contribution in [3.63, 3.8) is 0 Å². The van der Waals surface area contributed by atoms with E-state index in [1.807, 2.05) is 0 Å². The van der Waals surface area contributed by atoms with Crippen LogP contribution in [0.25, 0.3) is 0 Å². The van der Waals surface area contributed by atoms with Gasteiger partial charge in [-0.25, -0.2) is 4.79 Å². The van der Waals surface area contributed by atoms with Crippen LogP contribution in [0.15, 0.2) is 24.3 Å². The van der Waals surface area contributed by atoms with E-state index in [1.165, 1.54) is 0 Å². The Balaban J connectivity index is 2.02. The van der Waals surface area contributed by atoms with E-state index in [2.05, 4.69) is 12.2 Å². The number of hydrogen-bond donors (Lipinski definition) is 2. The summed E-state index contributed by atoms with van der Waals surface area (Å²) in [6, 6.07) is 6.43. The average molecular weight is 353 g/mol. The highest BCUT2D eigenvalue weighted by molar-refractivity contribution is 6.31. The van der Waals surface area contributed by atoms with Crippen LogP contribution < -0.4 is 5.32 Å². The van der Waals surface area contributed by atoms with Gasteiger partial charge in [-0.3, -0.25) is 9.69 Å². The van der Waals surface area contributed by atoms with Crippen LogP contribution in [0.5, 0.6) is 0 Å². The van der Waals surface area contributed by atoms with Crippen molar-refractivity contribution < 1.29 is 14.7 Å². The van der Waals surface area contributed by atoms with E-state index < -0.39 is 17.7 Å². The summed E-state index contributed by atoms with van der Waals surface area (Å²) in [5, 5.41) is 13.5. The fraction of sp³-hybridized carbons (Fsp3) is 0.556. The van der Waals surface area contributed by atoms with Crippen LogP contribution >= 0.6 is 11.6 Å². The summed E-state index contributed by atoms with van der Waals surface area (Å²) >= 11 is 6.07. The lowest BCUT2D eigenvalue weighted by molar-refractivity contribution is -0.132. The van der Waals surface area contributed by atoms with E-state index in [1.54, 1.807) is 31.2 Å². The van der Waals surface area contributed by atoms with Crippen molar-refractivity contribution in [2.24, 2.45) is 0 Å². The molecule has 0 aromatic heterocycles. The monoisotopic (exact) mass is 352 g/mol. The molecule has 0 bridgehead atoms. The summed E-state index contributed by atoms with van der Waals surface area (Å²) < 4.78 is 0. The molecule has 2 rings (SSSR count). The molecule has 1 heterocycles. The van der Waals surface area contributed by atoms with Crippen LogP contribution in [0, 0.1) is 0 Å². The van der Waals surface area contributed by atoms with Gasteiger partial charge in [-0.15, -0.1) is 0 Å². The highest BCUT2D eigenvalue weighted by Crippen LogP contribution is 2.28. The molecule has 2 unspecified atom stereocenters. The van der Waals surface area contributed by atoms with E-state index in [9.17, 15) is 14.7 Å². The minimum atomic E-state index is -1.00. The molecule has 1 aromatic rings. The minimum absolute atomic E-state index is 0.0983. The van der Waals surface area contributed by atoms with Crippen molar-refractivity contribution in [2.75, 3.05) is 6.54 Å². The van der Waals surface area contributed by atoms with Gasteiger partial charge in [-0.05, 0) is 19.4 Å². The van der Waals surface area contributed by atoms with Gasteiger partial charge >= 0.3 is 6.03 Å². The molecule has 132 valence electrons. The Labute approximate surface area is 148 Å². The number of benzene rings is 1. The Kier molecular flexibility index (Phi) is 6.24. The molecule has 1 aliphatic rings. The number of nitrogens with one attached hydrogen (secondary N) is 1. The quantitative estimate of drug-likeness (QED) is 0.554. The Bertz CT molecular complexity index is 608. The second-order valence-corrected chi connectivity index (χ2v) is 6.93. The highest BCUT2D eigenvalue weighted by atomic mass is 35.5.